The highest BCUT2D eigenvalue weighted by Gasteiger charge is 2.18. The molecule has 17 heavy (non-hydrogen) atoms. The van der Waals surface area contributed by atoms with Gasteiger partial charge in [-0.25, -0.2) is 0 Å². The number of fused-ring (bicyclic) bond motifs is 1. The molecule has 94 valence electrons. The number of nitrogens with zero attached hydrogens (tertiary/aromatic N) is 1. The predicted octanol–water partition coefficient (Wildman–Crippen LogP) is 3.67. The molecule has 0 aromatic heterocycles. The molecule has 1 aliphatic heterocycles. The Kier molecular flexibility index (Phi) is 3.93. The summed E-state index contributed by atoms with van der Waals surface area (Å²) in [4.78, 5) is 2.44. The number of hydrogen-bond donors (Lipinski definition) is 1. The molecule has 0 saturated carbocycles. The van der Waals surface area contributed by atoms with Crippen molar-refractivity contribution in [3.63, 3.8) is 0 Å². The van der Waals surface area contributed by atoms with Crippen LogP contribution in [-0.4, -0.2) is 19.6 Å². The van der Waals surface area contributed by atoms with Crippen LogP contribution in [0.1, 0.15) is 38.7 Å². The second kappa shape index (κ2) is 5.44. The summed E-state index contributed by atoms with van der Waals surface area (Å²) in [6.45, 7) is 5.65. The molecule has 0 saturated heterocycles. The zero-order valence-electron chi connectivity index (χ0n) is 11.3. The summed E-state index contributed by atoms with van der Waals surface area (Å²) < 4.78 is 0. The van der Waals surface area contributed by atoms with E-state index in [0.717, 1.165) is 6.54 Å². The third-order valence-electron chi connectivity index (χ3n) is 3.92. The first-order valence-electron chi connectivity index (χ1n) is 6.86. The van der Waals surface area contributed by atoms with Gasteiger partial charge in [0.25, 0.3) is 0 Å². The second-order valence-corrected chi connectivity index (χ2v) is 4.92. The minimum Gasteiger partial charge on any atom is -0.383 e. The zero-order valence-corrected chi connectivity index (χ0v) is 11.3. The number of rotatable bonds is 4. The standard InChI is InChI=1S/C15H24N2/c1-4-13(5-2)17(3)14-10-6-8-12-9-7-11-16-15(12)14/h6,8,10,13,16H,4-5,7,9,11H2,1-3H3. The number of anilines is 2. The first-order chi connectivity index (χ1) is 8.27. The minimum absolute atomic E-state index is 0.644. The van der Waals surface area contributed by atoms with Crippen molar-refractivity contribution < 1.29 is 0 Å². The monoisotopic (exact) mass is 232 g/mol. The van der Waals surface area contributed by atoms with Crippen LogP contribution in [0, 0.1) is 0 Å². The summed E-state index contributed by atoms with van der Waals surface area (Å²) in [5.74, 6) is 0. The molecule has 0 radical (unpaired) electrons. The maximum Gasteiger partial charge on any atom is 0.0610 e. The molecule has 1 aliphatic rings. The van der Waals surface area contributed by atoms with Gasteiger partial charge in [0.2, 0.25) is 0 Å². The van der Waals surface area contributed by atoms with Crippen molar-refractivity contribution in [3.8, 4) is 0 Å². The topological polar surface area (TPSA) is 15.3 Å². The molecule has 1 aromatic carbocycles. The number of para-hydroxylation sites is 1. The quantitative estimate of drug-likeness (QED) is 0.852. The molecule has 1 N–H and O–H groups in total. The Bertz CT molecular complexity index is 369. The maximum atomic E-state index is 3.57. The summed E-state index contributed by atoms with van der Waals surface area (Å²) in [5.41, 5.74) is 4.22. The SMILES string of the molecule is CCC(CC)N(C)c1cccc2c1NCCC2. The molecular weight excluding hydrogens is 208 g/mol. The Labute approximate surface area is 105 Å². The molecule has 1 aromatic rings. The highest BCUT2D eigenvalue weighted by atomic mass is 15.1. The van der Waals surface area contributed by atoms with E-state index in [0.29, 0.717) is 6.04 Å². The average Bonchev–Trinajstić information content (AvgIpc) is 2.39. The van der Waals surface area contributed by atoms with Crippen LogP contribution in [0.3, 0.4) is 0 Å². The van der Waals surface area contributed by atoms with Gasteiger partial charge in [0.15, 0.2) is 0 Å². The lowest BCUT2D eigenvalue weighted by Crippen LogP contribution is -2.31. The molecule has 0 bridgehead atoms. The van der Waals surface area contributed by atoms with Crippen molar-refractivity contribution in [2.75, 3.05) is 23.8 Å². The molecule has 0 unspecified atom stereocenters. The van der Waals surface area contributed by atoms with Crippen LogP contribution in [0.15, 0.2) is 18.2 Å². The van der Waals surface area contributed by atoms with E-state index in [9.17, 15) is 0 Å². The maximum absolute atomic E-state index is 3.57. The lowest BCUT2D eigenvalue weighted by Gasteiger charge is -2.32. The predicted molar refractivity (Wildman–Crippen MR) is 76.0 cm³/mol. The van der Waals surface area contributed by atoms with Gasteiger partial charge in [0.05, 0.1) is 11.4 Å². The average molecular weight is 232 g/mol. The summed E-state index contributed by atoms with van der Waals surface area (Å²) >= 11 is 0. The normalized spacial score (nSPS) is 14.4. The van der Waals surface area contributed by atoms with Crippen molar-refractivity contribution in [2.24, 2.45) is 0 Å². The smallest absolute Gasteiger partial charge is 0.0610 e. The van der Waals surface area contributed by atoms with E-state index in [1.54, 1.807) is 0 Å². The summed E-state index contributed by atoms with van der Waals surface area (Å²) in [6, 6.07) is 7.34. The number of aryl methyl sites for hydroxylation is 1. The number of nitrogens with one attached hydrogen (secondary N) is 1. The van der Waals surface area contributed by atoms with E-state index in [-0.39, 0.29) is 0 Å². The third-order valence-corrected chi connectivity index (χ3v) is 3.92. The van der Waals surface area contributed by atoms with Crippen molar-refractivity contribution in [2.45, 2.75) is 45.6 Å². The Morgan fingerprint density at radius 2 is 2.06 bits per heavy atom. The molecule has 0 atom stereocenters. The van der Waals surface area contributed by atoms with Gasteiger partial charge < -0.3 is 10.2 Å². The highest BCUT2D eigenvalue weighted by Crippen LogP contribution is 2.33. The van der Waals surface area contributed by atoms with Crippen LogP contribution < -0.4 is 10.2 Å². The largest absolute Gasteiger partial charge is 0.383 e. The lowest BCUT2D eigenvalue weighted by atomic mass is 10.0. The summed E-state index contributed by atoms with van der Waals surface area (Å²) in [6.07, 6.45) is 4.88. The highest BCUT2D eigenvalue weighted by molar-refractivity contribution is 5.74. The van der Waals surface area contributed by atoms with Crippen molar-refractivity contribution in [1.82, 2.24) is 0 Å². The first kappa shape index (κ1) is 12.3. The summed E-state index contributed by atoms with van der Waals surface area (Å²) in [7, 11) is 2.23. The van der Waals surface area contributed by atoms with Gasteiger partial charge in [0, 0.05) is 19.6 Å². The van der Waals surface area contributed by atoms with E-state index in [2.05, 4.69) is 49.3 Å². The van der Waals surface area contributed by atoms with E-state index < -0.39 is 0 Å². The molecule has 0 aliphatic carbocycles. The van der Waals surface area contributed by atoms with Crippen LogP contribution in [0.25, 0.3) is 0 Å². The van der Waals surface area contributed by atoms with Crippen LogP contribution in [0.5, 0.6) is 0 Å². The molecule has 0 spiro atoms. The van der Waals surface area contributed by atoms with Gasteiger partial charge in [-0.1, -0.05) is 26.0 Å². The first-order valence-corrected chi connectivity index (χ1v) is 6.86. The lowest BCUT2D eigenvalue weighted by molar-refractivity contribution is 0.591. The fraction of sp³-hybridized carbons (Fsp3) is 0.600. The zero-order chi connectivity index (χ0) is 12.3. The Morgan fingerprint density at radius 3 is 2.76 bits per heavy atom. The van der Waals surface area contributed by atoms with Gasteiger partial charge in [-0.3, -0.25) is 0 Å². The minimum atomic E-state index is 0.644. The Balaban J connectivity index is 2.31. The van der Waals surface area contributed by atoms with E-state index in [1.807, 2.05) is 0 Å². The van der Waals surface area contributed by atoms with Gasteiger partial charge in [-0.15, -0.1) is 0 Å². The molecule has 2 heteroatoms. The Morgan fingerprint density at radius 1 is 1.29 bits per heavy atom. The van der Waals surface area contributed by atoms with Crippen molar-refractivity contribution in [1.29, 1.82) is 0 Å². The van der Waals surface area contributed by atoms with Crippen LogP contribution in [0.4, 0.5) is 11.4 Å². The Hall–Kier alpha value is -1.18. The van der Waals surface area contributed by atoms with E-state index in [1.165, 1.54) is 42.6 Å². The number of hydrogen-bond acceptors (Lipinski definition) is 2. The van der Waals surface area contributed by atoms with Crippen LogP contribution in [0.2, 0.25) is 0 Å². The number of benzene rings is 1. The van der Waals surface area contributed by atoms with E-state index in [4.69, 9.17) is 0 Å². The van der Waals surface area contributed by atoms with Crippen LogP contribution >= 0.6 is 0 Å². The molecular formula is C15H24N2. The molecule has 0 amide bonds. The third kappa shape index (κ3) is 2.41. The summed E-state index contributed by atoms with van der Waals surface area (Å²) in [5, 5.41) is 3.57. The van der Waals surface area contributed by atoms with E-state index >= 15 is 0 Å². The van der Waals surface area contributed by atoms with Crippen molar-refractivity contribution >= 4 is 11.4 Å². The molecule has 2 nitrogen and oxygen atoms in total. The second-order valence-electron chi connectivity index (χ2n) is 4.92. The van der Waals surface area contributed by atoms with Crippen LogP contribution in [-0.2, 0) is 6.42 Å². The van der Waals surface area contributed by atoms with Gasteiger partial charge in [-0.2, -0.15) is 0 Å². The molecule has 1 heterocycles. The van der Waals surface area contributed by atoms with Gasteiger partial charge in [0.1, 0.15) is 0 Å². The molecule has 2 rings (SSSR count). The van der Waals surface area contributed by atoms with Gasteiger partial charge >= 0.3 is 0 Å². The fourth-order valence-corrected chi connectivity index (χ4v) is 2.82. The fourth-order valence-electron chi connectivity index (χ4n) is 2.82. The van der Waals surface area contributed by atoms with Gasteiger partial charge in [-0.05, 0) is 37.3 Å². The van der Waals surface area contributed by atoms with Crippen molar-refractivity contribution in [3.05, 3.63) is 23.8 Å². The molecule has 0 fully saturated rings.